The number of urea groups is 1. The molecule has 0 saturated heterocycles. The molecule has 0 aromatic heterocycles. The number of benzene rings is 2. The van der Waals surface area contributed by atoms with Crippen molar-refractivity contribution in [2.75, 3.05) is 11.9 Å². The average molecular weight is 447 g/mol. The van der Waals surface area contributed by atoms with Gasteiger partial charge < -0.3 is 21.3 Å². The predicted octanol–water partition coefficient (Wildman–Crippen LogP) is 3.03. The van der Waals surface area contributed by atoms with E-state index in [0.29, 0.717) is 17.8 Å². The fourth-order valence-electron chi connectivity index (χ4n) is 2.29. The summed E-state index contributed by atoms with van der Waals surface area (Å²) in [6.45, 7) is 3.98. The van der Waals surface area contributed by atoms with E-state index in [-0.39, 0.29) is 30.4 Å². The molecule has 148 valence electrons. The molecule has 2 aromatic carbocycles. The molecule has 2 rings (SSSR count). The van der Waals surface area contributed by atoms with Gasteiger partial charge >= 0.3 is 6.03 Å². The summed E-state index contributed by atoms with van der Waals surface area (Å²) < 4.78 is 0.765. The van der Waals surface area contributed by atoms with Gasteiger partial charge in [-0.3, -0.25) is 9.59 Å². The molecule has 0 saturated carbocycles. The second-order valence-electron chi connectivity index (χ2n) is 6.39. The standard InChI is InChI=1S/C20H23BrN4O3/c1-13(2)24-20(28)23-11-14-7-9-15(10-8-14)19(27)22-12-18(26)25-17-6-4-3-5-16(17)21/h3-10,13H,11-12H2,1-2H3,(H,22,27)(H,25,26)(H2,23,24,28). The molecule has 2 aromatic rings. The zero-order chi connectivity index (χ0) is 20.5. The van der Waals surface area contributed by atoms with Crippen LogP contribution in [-0.4, -0.2) is 30.4 Å². The second kappa shape index (κ2) is 10.5. The van der Waals surface area contributed by atoms with E-state index in [4.69, 9.17) is 0 Å². The molecule has 0 unspecified atom stereocenters. The zero-order valence-electron chi connectivity index (χ0n) is 15.7. The van der Waals surface area contributed by atoms with Gasteiger partial charge in [-0.2, -0.15) is 0 Å². The molecular formula is C20H23BrN4O3. The van der Waals surface area contributed by atoms with E-state index < -0.39 is 0 Å². The Morgan fingerprint density at radius 3 is 2.29 bits per heavy atom. The lowest BCUT2D eigenvalue weighted by atomic mass is 10.1. The number of anilines is 1. The van der Waals surface area contributed by atoms with Crippen LogP contribution < -0.4 is 21.3 Å². The van der Waals surface area contributed by atoms with Gasteiger partial charge in [0.15, 0.2) is 0 Å². The zero-order valence-corrected chi connectivity index (χ0v) is 17.3. The van der Waals surface area contributed by atoms with Gasteiger partial charge in [0.05, 0.1) is 12.2 Å². The molecule has 4 amide bonds. The first-order valence-corrected chi connectivity index (χ1v) is 9.60. The summed E-state index contributed by atoms with van der Waals surface area (Å²) in [6.07, 6.45) is 0. The molecular weight excluding hydrogens is 424 g/mol. The van der Waals surface area contributed by atoms with Crippen molar-refractivity contribution < 1.29 is 14.4 Å². The first kappa shape index (κ1) is 21.4. The Morgan fingerprint density at radius 1 is 0.964 bits per heavy atom. The number of carbonyl (C=O) groups excluding carboxylic acids is 3. The molecule has 0 heterocycles. The number of halogens is 1. The number of para-hydroxylation sites is 1. The van der Waals surface area contributed by atoms with E-state index in [0.717, 1.165) is 10.0 Å². The third kappa shape index (κ3) is 7.03. The maximum absolute atomic E-state index is 12.2. The van der Waals surface area contributed by atoms with Gasteiger partial charge in [0.25, 0.3) is 5.91 Å². The van der Waals surface area contributed by atoms with Crippen molar-refractivity contribution in [3.63, 3.8) is 0 Å². The normalized spacial score (nSPS) is 10.3. The van der Waals surface area contributed by atoms with Crippen LogP contribution in [0.15, 0.2) is 53.0 Å². The summed E-state index contributed by atoms with van der Waals surface area (Å²) >= 11 is 3.35. The van der Waals surface area contributed by atoms with Crippen molar-refractivity contribution in [1.82, 2.24) is 16.0 Å². The van der Waals surface area contributed by atoms with Crippen LogP contribution in [0.3, 0.4) is 0 Å². The number of carbonyl (C=O) groups is 3. The van der Waals surface area contributed by atoms with Crippen LogP contribution >= 0.6 is 15.9 Å². The Labute approximate surface area is 172 Å². The molecule has 4 N–H and O–H groups in total. The number of amides is 4. The molecule has 0 aliphatic carbocycles. The van der Waals surface area contributed by atoms with Gasteiger partial charge in [0.2, 0.25) is 5.91 Å². The lowest BCUT2D eigenvalue weighted by Crippen LogP contribution is -2.39. The Kier molecular flexibility index (Phi) is 8.01. The van der Waals surface area contributed by atoms with Crippen LogP contribution in [0.25, 0.3) is 0 Å². The molecule has 7 nitrogen and oxygen atoms in total. The molecule has 0 aliphatic rings. The van der Waals surface area contributed by atoms with Gasteiger partial charge in [0.1, 0.15) is 0 Å². The van der Waals surface area contributed by atoms with E-state index in [1.807, 2.05) is 32.0 Å². The maximum Gasteiger partial charge on any atom is 0.315 e. The van der Waals surface area contributed by atoms with Gasteiger partial charge in [-0.15, -0.1) is 0 Å². The summed E-state index contributed by atoms with van der Waals surface area (Å²) in [5, 5.41) is 10.8. The van der Waals surface area contributed by atoms with E-state index in [2.05, 4.69) is 37.2 Å². The van der Waals surface area contributed by atoms with Gasteiger partial charge in [-0.25, -0.2) is 4.79 Å². The highest BCUT2D eigenvalue weighted by Crippen LogP contribution is 2.20. The monoisotopic (exact) mass is 446 g/mol. The average Bonchev–Trinajstić information content (AvgIpc) is 2.66. The minimum Gasteiger partial charge on any atom is -0.343 e. The Balaban J connectivity index is 1.80. The highest BCUT2D eigenvalue weighted by Gasteiger charge is 2.10. The summed E-state index contributed by atoms with van der Waals surface area (Å²) in [5.74, 6) is -0.670. The summed E-state index contributed by atoms with van der Waals surface area (Å²) in [4.78, 5) is 35.8. The van der Waals surface area contributed by atoms with Crippen LogP contribution in [0.1, 0.15) is 29.8 Å². The third-order valence-corrected chi connectivity index (χ3v) is 4.34. The van der Waals surface area contributed by atoms with Crippen LogP contribution in [0.5, 0.6) is 0 Å². The summed E-state index contributed by atoms with van der Waals surface area (Å²) in [6, 6.07) is 13.9. The number of hydrogen-bond donors (Lipinski definition) is 4. The van der Waals surface area contributed by atoms with E-state index in [9.17, 15) is 14.4 Å². The van der Waals surface area contributed by atoms with Crippen LogP contribution in [0.4, 0.5) is 10.5 Å². The van der Waals surface area contributed by atoms with Crippen LogP contribution in [0.2, 0.25) is 0 Å². The molecule has 0 spiro atoms. The number of rotatable bonds is 7. The molecule has 28 heavy (non-hydrogen) atoms. The smallest absolute Gasteiger partial charge is 0.315 e. The van der Waals surface area contributed by atoms with E-state index in [1.165, 1.54) is 0 Å². The van der Waals surface area contributed by atoms with E-state index >= 15 is 0 Å². The quantitative estimate of drug-likeness (QED) is 0.525. The van der Waals surface area contributed by atoms with Crippen LogP contribution in [-0.2, 0) is 11.3 Å². The minimum absolute atomic E-state index is 0.0614. The van der Waals surface area contributed by atoms with Crippen molar-refractivity contribution in [3.8, 4) is 0 Å². The second-order valence-corrected chi connectivity index (χ2v) is 7.24. The predicted molar refractivity (Wildman–Crippen MR) is 112 cm³/mol. The highest BCUT2D eigenvalue weighted by molar-refractivity contribution is 9.10. The molecule has 0 bridgehead atoms. The molecule has 0 fully saturated rings. The first-order valence-electron chi connectivity index (χ1n) is 8.81. The Hall–Kier alpha value is -2.87. The SMILES string of the molecule is CC(C)NC(=O)NCc1ccc(C(=O)NCC(=O)Nc2ccccc2Br)cc1. The lowest BCUT2D eigenvalue weighted by Gasteiger charge is -2.11. The van der Waals surface area contributed by atoms with Crippen molar-refractivity contribution in [2.24, 2.45) is 0 Å². The topological polar surface area (TPSA) is 99.3 Å². The lowest BCUT2D eigenvalue weighted by molar-refractivity contribution is -0.115. The van der Waals surface area contributed by atoms with Gasteiger partial charge in [0, 0.05) is 22.6 Å². The van der Waals surface area contributed by atoms with Crippen molar-refractivity contribution in [1.29, 1.82) is 0 Å². The summed E-state index contributed by atoms with van der Waals surface area (Å²) in [7, 11) is 0. The first-order chi connectivity index (χ1) is 13.3. The Morgan fingerprint density at radius 2 is 1.64 bits per heavy atom. The van der Waals surface area contributed by atoms with Crippen molar-refractivity contribution in [3.05, 3.63) is 64.1 Å². The molecule has 0 radical (unpaired) electrons. The highest BCUT2D eigenvalue weighted by atomic mass is 79.9. The largest absolute Gasteiger partial charge is 0.343 e. The Bertz CT molecular complexity index is 838. The summed E-state index contributed by atoms with van der Waals surface area (Å²) in [5.41, 5.74) is 1.94. The third-order valence-electron chi connectivity index (χ3n) is 3.65. The van der Waals surface area contributed by atoms with Crippen LogP contribution in [0, 0.1) is 0 Å². The number of hydrogen-bond acceptors (Lipinski definition) is 3. The molecule has 0 atom stereocenters. The molecule has 0 aliphatic heterocycles. The molecule has 8 heteroatoms. The fourth-order valence-corrected chi connectivity index (χ4v) is 2.67. The van der Waals surface area contributed by atoms with Gasteiger partial charge in [-0.05, 0) is 59.6 Å². The van der Waals surface area contributed by atoms with Crippen molar-refractivity contribution >= 4 is 39.5 Å². The number of nitrogens with one attached hydrogen (secondary N) is 4. The maximum atomic E-state index is 12.2. The minimum atomic E-state index is -0.348. The van der Waals surface area contributed by atoms with Crippen molar-refractivity contribution in [2.45, 2.75) is 26.4 Å². The van der Waals surface area contributed by atoms with Gasteiger partial charge in [-0.1, -0.05) is 24.3 Å². The fraction of sp³-hybridized carbons (Fsp3) is 0.250. The van der Waals surface area contributed by atoms with E-state index in [1.54, 1.807) is 30.3 Å².